The molecule has 0 aliphatic carbocycles. The molecule has 1 aliphatic heterocycles. The molecule has 0 saturated carbocycles. The summed E-state index contributed by atoms with van der Waals surface area (Å²) >= 11 is 6.15. The summed E-state index contributed by atoms with van der Waals surface area (Å²) in [4.78, 5) is 15.9. The molecule has 0 radical (unpaired) electrons. The molecular formula is C29H30ClFN2O6S. The summed E-state index contributed by atoms with van der Waals surface area (Å²) in [5, 5.41) is 0.250. The summed E-state index contributed by atoms with van der Waals surface area (Å²) in [7, 11) is -2.91. The number of carbonyl (C=O) groups excluding carboxylic acids is 1. The third-order valence-electron chi connectivity index (χ3n) is 6.13. The number of hydrogen-bond acceptors (Lipinski definition) is 7. The van der Waals surface area contributed by atoms with E-state index >= 15 is 0 Å². The van der Waals surface area contributed by atoms with Gasteiger partial charge in [0.1, 0.15) is 22.6 Å². The molecule has 212 valence electrons. The Labute approximate surface area is 238 Å². The van der Waals surface area contributed by atoms with Crippen molar-refractivity contribution in [2.45, 2.75) is 50.7 Å². The van der Waals surface area contributed by atoms with Crippen LogP contribution in [-0.2, 0) is 19.6 Å². The van der Waals surface area contributed by atoms with E-state index in [1.54, 1.807) is 57.3 Å². The number of esters is 1. The largest absolute Gasteiger partial charge is 0.486 e. The van der Waals surface area contributed by atoms with Gasteiger partial charge in [-0.15, -0.1) is 0 Å². The second-order valence-corrected chi connectivity index (χ2v) is 11.8. The van der Waals surface area contributed by atoms with Crippen LogP contribution in [0.4, 0.5) is 10.1 Å². The zero-order chi connectivity index (χ0) is 29.0. The summed E-state index contributed by atoms with van der Waals surface area (Å²) in [6, 6.07) is 10.9. The van der Waals surface area contributed by atoms with Gasteiger partial charge in [-0.1, -0.05) is 29.8 Å². The molecule has 0 saturated heterocycles. The van der Waals surface area contributed by atoms with Crippen molar-refractivity contribution in [2.24, 2.45) is 0 Å². The summed E-state index contributed by atoms with van der Waals surface area (Å²) in [5.41, 5.74) is 1.74. The van der Waals surface area contributed by atoms with Gasteiger partial charge in [0.15, 0.2) is 0 Å². The molecule has 2 heterocycles. The highest BCUT2D eigenvalue weighted by molar-refractivity contribution is 7.93. The molecule has 0 fully saturated rings. The molecule has 0 N–H and O–H groups in total. The average Bonchev–Trinajstić information content (AvgIpc) is 2.91. The van der Waals surface area contributed by atoms with Crippen LogP contribution in [0.15, 0.2) is 53.6 Å². The van der Waals surface area contributed by atoms with E-state index in [-0.39, 0.29) is 52.5 Å². The quantitative estimate of drug-likeness (QED) is 0.222. The summed E-state index contributed by atoms with van der Waals surface area (Å²) in [5.74, 6) is -0.596. The number of aromatic nitrogens is 1. The van der Waals surface area contributed by atoms with E-state index in [1.807, 2.05) is 0 Å². The lowest BCUT2D eigenvalue weighted by atomic mass is 10.1. The number of halogens is 2. The SMILES string of the molecule is COC(=O)CC[C@H]1CN(S(=O)(=O)c2cc(C)cnc2OC(C)C)c2cc(/C=C/c3c(F)cccc3Cl)ccc2O1. The predicted molar refractivity (Wildman–Crippen MR) is 152 cm³/mol. The van der Waals surface area contributed by atoms with Crippen LogP contribution in [0.2, 0.25) is 5.02 Å². The number of methoxy groups -OCH3 is 1. The zero-order valence-electron chi connectivity index (χ0n) is 22.6. The van der Waals surface area contributed by atoms with Gasteiger partial charge < -0.3 is 14.2 Å². The third kappa shape index (κ3) is 6.56. The Morgan fingerprint density at radius 1 is 1.25 bits per heavy atom. The number of nitrogens with zero attached hydrogens (tertiary/aromatic N) is 2. The third-order valence-corrected chi connectivity index (χ3v) is 8.23. The Balaban J connectivity index is 1.78. The second-order valence-electron chi connectivity index (χ2n) is 9.57. The van der Waals surface area contributed by atoms with E-state index in [9.17, 15) is 17.6 Å². The van der Waals surface area contributed by atoms with E-state index in [2.05, 4.69) is 4.98 Å². The van der Waals surface area contributed by atoms with Crippen molar-refractivity contribution in [3.63, 3.8) is 0 Å². The van der Waals surface area contributed by atoms with Gasteiger partial charge in [-0.3, -0.25) is 9.10 Å². The Morgan fingerprint density at radius 3 is 2.73 bits per heavy atom. The van der Waals surface area contributed by atoms with Crippen LogP contribution in [0.5, 0.6) is 11.6 Å². The highest BCUT2D eigenvalue weighted by Crippen LogP contribution is 2.40. The van der Waals surface area contributed by atoms with E-state index in [1.165, 1.54) is 35.7 Å². The van der Waals surface area contributed by atoms with E-state index in [0.717, 1.165) is 0 Å². The van der Waals surface area contributed by atoms with Crippen molar-refractivity contribution in [1.29, 1.82) is 0 Å². The number of hydrogen-bond donors (Lipinski definition) is 0. The fraction of sp³-hybridized carbons (Fsp3) is 0.310. The zero-order valence-corrected chi connectivity index (χ0v) is 24.1. The van der Waals surface area contributed by atoms with Crippen LogP contribution in [0.25, 0.3) is 12.2 Å². The molecular weight excluding hydrogens is 559 g/mol. The number of carbonyl (C=O) groups is 1. The topological polar surface area (TPSA) is 95.0 Å². The summed E-state index contributed by atoms with van der Waals surface area (Å²) in [6.07, 6.45) is 4.08. The molecule has 1 aliphatic rings. The molecule has 0 bridgehead atoms. The molecule has 0 spiro atoms. The van der Waals surface area contributed by atoms with Gasteiger partial charge in [0.2, 0.25) is 5.88 Å². The van der Waals surface area contributed by atoms with Crippen molar-refractivity contribution in [3.05, 3.63) is 76.2 Å². The van der Waals surface area contributed by atoms with Crippen LogP contribution < -0.4 is 13.8 Å². The van der Waals surface area contributed by atoms with Crippen LogP contribution in [-0.4, -0.2) is 45.2 Å². The maximum atomic E-state index is 14.3. The predicted octanol–water partition coefficient (Wildman–Crippen LogP) is 6.05. The first-order valence-corrected chi connectivity index (χ1v) is 14.5. The number of sulfonamides is 1. The van der Waals surface area contributed by atoms with Gasteiger partial charge in [-0.25, -0.2) is 17.8 Å². The lowest BCUT2D eigenvalue weighted by Gasteiger charge is -2.36. The molecule has 1 atom stereocenters. The Hall–Kier alpha value is -3.63. The van der Waals surface area contributed by atoms with Gasteiger partial charge in [0.25, 0.3) is 10.0 Å². The Kier molecular flexibility index (Phi) is 9.00. The average molecular weight is 589 g/mol. The van der Waals surface area contributed by atoms with Gasteiger partial charge in [-0.2, -0.15) is 0 Å². The number of aryl methyl sites for hydroxylation is 1. The van der Waals surface area contributed by atoms with Crippen molar-refractivity contribution >= 4 is 45.4 Å². The van der Waals surface area contributed by atoms with Gasteiger partial charge in [-0.05, 0) is 74.7 Å². The van der Waals surface area contributed by atoms with E-state index in [4.69, 9.17) is 25.8 Å². The minimum atomic E-state index is -4.20. The van der Waals surface area contributed by atoms with E-state index in [0.29, 0.717) is 16.9 Å². The number of ether oxygens (including phenoxy) is 3. The molecule has 0 amide bonds. The minimum Gasteiger partial charge on any atom is -0.486 e. The monoisotopic (exact) mass is 588 g/mol. The van der Waals surface area contributed by atoms with Crippen molar-refractivity contribution < 1.29 is 31.8 Å². The van der Waals surface area contributed by atoms with Crippen LogP contribution in [0, 0.1) is 12.7 Å². The molecule has 4 rings (SSSR count). The second kappa shape index (κ2) is 12.3. The number of anilines is 1. The standard InChI is InChI=1S/C29H30ClFN2O6S/c1-18(2)38-29-27(14-19(3)16-32-29)40(35,36)33-17-21(10-13-28(34)37-4)39-26-12-9-20(15-25(26)33)8-11-22-23(30)6-5-7-24(22)31/h5-9,11-12,14-16,18,21H,10,13,17H2,1-4H3/b11-8+/t21-/m0/s1. The lowest BCUT2D eigenvalue weighted by Crippen LogP contribution is -2.44. The number of fused-ring (bicyclic) bond motifs is 1. The molecule has 3 aromatic rings. The van der Waals surface area contributed by atoms with Crippen LogP contribution in [0.3, 0.4) is 0 Å². The molecule has 0 unspecified atom stereocenters. The maximum absolute atomic E-state index is 14.3. The first-order chi connectivity index (χ1) is 19.0. The van der Waals surface area contributed by atoms with Crippen LogP contribution in [0.1, 0.15) is 43.4 Å². The Bertz CT molecular complexity index is 1520. The molecule has 2 aromatic carbocycles. The van der Waals surface area contributed by atoms with Crippen molar-refractivity contribution in [3.8, 4) is 11.6 Å². The number of pyridine rings is 1. The highest BCUT2D eigenvalue weighted by Gasteiger charge is 2.37. The number of rotatable bonds is 9. The first kappa shape index (κ1) is 29.4. The summed E-state index contributed by atoms with van der Waals surface area (Å²) < 4.78 is 60.5. The Morgan fingerprint density at radius 2 is 2.02 bits per heavy atom. The molecule has 11 heteroatoms. The maximum Gasteiger partial charge on any atom is 0.305 e. The molecule has 40 heavy (non-hydrogen) atoms. The van der Waals surface area contributed by atoms with Gasteiger partial charge in [0, 0.05) is 18.2 Å². The fourth-order valence-electron chi connectivity index (χ4n) is 4.19. The summed E-state index contributed by atoms with van der Waals surface area (Å²) in [6.45, 7) is 5.25. The fourth-order valence-corrected chi connectivity index (χ4v) is 6.07. The normalized spacial score (nSPS) is 15.2. The minimum absolute atomic E-state index is 0.00926. The first-order valence-electron chi connectivity index (χ1n) is 12.6. The van der Waals surface area contributed by atoms with Crippen molar-refractivity contribution in [2.75, 3.05) is 18.0 Å². The smallest absolute Gasteiger partial charge is 0.305 e. The molecule has 8 nitrogen and oxygen atoms in total. The van der Waals surface area contributed by atoms with Gasteiger partial charge >= 0.3 is 5.97 Å². The van der Waals surface area contributed by atoms with Crippen LogP contribution >= 0.6 is 11.6 Å². The van der Waals surface area contributed by atoms with Gasteiger partial charge in [0.05, 0.1) is 30.5 Å². The highest BCUT2D eigenvalue weighted by atomic mass is 35.5. The number of benzene rings is 2. The molecule has 1 aromatic heterocycles. The van der Waals surface area contributed by atoms with Crippen molar-refractivity contribution in [1.82, 2.24) is 4.98 Å². The lowest BCUT2D eigenvalue weighted by molar-refractivity contribution is -0.141. The van der Waals surface area contributed by atoms with E-state index < -0.39 is 27.9 Å².